The van der Waals surface area contributed by atoms with Crippen LogP contribution < -0.4 is 5.32 Å². The molecule has 1 heterocycles. The van der Waals surface area contributed by atoms with Crippen molar-refractivity contribution in [2.45, 2.75) is 48.8 Å². The second-order valence-corrected chi connectivity index (χ2v) is 8.77. The highest BCUT2D eigenvalue weighted by Crippen LogP contribution is 2.20. The van der Waals surface area contributed by atoms with Crippen molar-refractivity contribution in [1.29, 1.82) is 5.26 Å². The summed E-state index contributed by atoms with van der Waals surface area (Å²) in [4.78, 5) is 12.5. The van der Waals surface area contributed by atoms with E-state index in [9.17, 15) is 18.5 Å². The van der Waals surface area contributed by atoms with E-state index >= 15 is 0 Å². The number of benzene rings is 1. The number of ether oxygens (including phenoxy) is 1. The monoisotopic (exact) mass is 350 g/mol. The molecule has 0 aromatic heterocycles. The van der Waals surface area contributed by atoms with Crippen molar-refractivity contribution in [3.8, 4) is 6.07 Å². The lowest BCUT2D eigenvalue weighted by Gasteiger charge is -2.31. The minimum atomic E-state index is -3.32. The van der Waals surface area contributed by atoms with Gasteiger partial charge < -0.3 is 10.1 Å². The summed E-state index contributed by atoms with van der Waals surface area (Å²) in [5, 5.41) is 11.7. The van der Waals surface area contributed by atoms with Crippen LogP contribution in [0.2, 0.25) is 0 Å². The van der Waals surface area contributed by atoms with Crippen LogP contribution in [0.15, 0.2) is 29.2 Å². The zero-order valence-electron chi connectivity index (χ0n) is 13.9. The Bertz CT molecular complexity index is 727. The molecular weight excluding hydrogens is 328 g/mol. The molecule has 1 aliphatic heterocycles. The molecule has 2 rings (SSSR count). The van der Waals surface area contributed by atoms with Crippen molar-refractivity contribution in [3.05, 3.63) is 29.8 Å². The van der Waals surface area contributed by atoms with Gasteiger partial charge >= 0.3 is 0 Å². The second-order valence-electron chi connectivity index (χ2n) is 6.27. The SMILES string of the molecule is CC(C)S(=O)(=O)c1ccc(CC(=O)NC2(C#N)CCOCC2)cc1. The van der Waals surface area contributed by atoms with E-state index in [4.69, 9.17) is 4.74 Å². The molecule has 0 atom stereocenters. The average Bonchev–Trinajstić information content (AvgIpc) is 2.56. The first-order valence-electron chi connectivity index (χ1n) is 7.92. The molecule has 7 heteroatoms. The predicted molar refractivity (Wildman–Crippen MR) is 89.0 cm³/mol. The van der Waals surface area contributed by atoms with Crippen LogP contribution in [0.25, 0.3) is 0 Å². The number of sulfone groups is 1. The van der Waals surface area contributed by atoms with E-state index in [2.05, 4.69) is 11.4 Å². The Balaban J connectivity index is 2.03. The Morgan fingerprint density at radius 3 is 2.38 bits per heavy atom. The highest BCUT2D eigenvalue weighted by atomic mass is 32.2. The number of carbonyl (C=O) groups excluding carboxylic acids is 1. The molecule has 0 saturated carbocycles. The lowest BCUT2D eigenvalue weighted by molar-refractivity contribution is -0.122. The number of nitrogens with one attached hydrogen (secondary N) is 1. The Labute approximate surface area is 142 Å². The van der Waals surface area contributed by atoms with Gasteiger partial charge in [-0.05, 0) is 31.5 Å². The zero-order chi connectivity index (χ0) is 17.8. The van der Waals surface area contributed by atoms with Gasteiger partial charge in [0.1, 0.15) is 5.54 Å². The smallest absolute Gasteiger partial charge is 0.225 e. The number of hydrogen-bond acceptors (Lipinski definition) is 5. The molecule has 6 nitrogen and oxygen atoms in total. The molecule has 0 unspecified atom stereocenters. The van der Waals surface area contributed by atoms with E-state index in [0.29, 0.717) is 31.6 Å². The van der Waals surface area contributed by atoms with Gasteiger partial charge in [-0.1, -0.05) is 12.1 Å². The van der Waals surface area contributed by atoms with Crippen LogP contribution in [0.3, 0.4) is 0 Å². The van der Waals surface area contributed by atoms with Gasteiger partial charge in [0.2, 0.25) is 5.91 Å². The fourth-order valence-electron chi connectivity index (χ4n) is 2.55. The Hall–Kier alpha value is -1.91. The van der Waals surface area contributed by atoms with E-state index in [1.165, 1.54) is 12.1 Å². The summed E-state index contributed by atoms with van der Waals surface area (Å²) in [5.41, 5.74) is -0.161. The first-order chi connectivity index (χ1) is 11.3. The first kappa shape index (κ1) is 18.4. The summed E-state index contributed by atoms with van der Waals surface area (Å²) in [6.45, 7) is 4.17. The molecule has 1 aromatic rings. The van der Waals surface area contributed by atoms with E-state index in [1.807, 2.05) is 0 Å². The quantitative estimate of drug-likeness (QED) is 0.870. The number of nitrogens with zero attached hydrogens (tertiary/aromatic N) is 1. The molecule has 130 valence electrons. The first-order valence-corrected chi connectivity index (χ1v) is 9.46. The minimum Gasteiger partial charge on any atom is -0.381 e. The average molecular weight is 350 g/mol. The van der Waals surface area contributed by atoms with Crippen molar-refractivity contribution >= 4 is 15.7 Å². The van der Waals surface area contributed by atoms with Crippen LogP contribution >= 0.6 is 0 Å². The highest BCUT2D eigenvalue weighted by molar-refractivity contribution is 7.92. The fourth-order valence-corrected chi connectivity index (χ4v) is 3.61. The molecule has 1 saturated heterocycles. The number of rotatable bonds is 5. The number of amides is 1. The fraction of sp³-hybridized carbons (Fsp3) is 0.529. The molecule has 1 amide bonds. The third-order valence-corrected chi connectivity index (χ3v) is 6.35. The van der Waals surface area contributed by atoms with Gasteiger partial charge in [-0.25, -0.2) is 8.42 Å². The van der Waals surface area contributed by atoms with Crippen LogP contribution in [0.5, 0.6) is 0 Å². The number of nitriles is 1. The largest absolute Gasteiger partial charge is 0.381 e. The van der Waals surface area contributed by atoms with E-state index in [0.717, 1.165) is 0 Å². The normalized spacial score (nSPS) is 17.2. The Morgan fingerprint density at radius 2 is 1.88 bits per heavy atom. The van der Waals surface area contributed by atoms with Crippen LogP contribution in [-0.2, 0) is 25.8 Å². The van der Waals surface area contributed by atoms with Crippen LogP contribution in [0.4, 0.5) is 0 Å². The maximum atomic E-state index is 12.2. The molecule has 24 heavy (non-hydrogen) atoms. The summed E-state index contributed by atoms with van der Waals surface area (Å²) in [5.74, 6) is -0.252. The molecular formula is C17H22N2O4S. The van der Waals surface area contributed by atoms with Crippen molar-refractivity contribution in [2.75, 3.05) is 13.2 Å². The van der Waals surface area contributed by atoms with Gasteiger partial charge in [-0.3, -0.25) is 4.79 Å². The van der Waals surface area contributed by atoms with Gasteiger partial charge in [-0.15, -0.1) is 0 Å². The molecule has 0 aliphatic carbocycles. The summed E-state index contributed by atoms with van der Waals surface area (Å²) >= 11 is 0. The summed E-state index contributed by atoms with van der Waals surface area (Å²) in [6, 6.07) is 8.50. The van der Waals surface area contributed by atoms with E-state index in [-0.39, 0.29) is 17.2 Å². The van der Waals surface area contributed by atoms with Gasteiger partial charge in [0.05, 0.1) is 22.6 Å². The zero-order valence-corrected chi connectivity index (χ0v) is 14.7. The molecule has 1 aromatic carbocycles. The minimum absolute atomic E-state index is 0.103. The predicted octanol–water partition coefficient (Wildman–Crippen LogP) is 1.60. The van der Waals surface area contributed by atoms with Crippen molar-refractivity contribution in [1.82, 2.24) is 5.32 Å². The second kappa shape index (κ2) is 7.32. The van der Waals surface area contributed by atoms with E-state index in [1.54, 1.807) is 26.0 Å². The standard InChI is InChI=1S/C17H22N2O4S/c1-13(2)24(21,22)15-5-3-14(4-6-15)11-16(20)19-17(12-18)7-9-23-10-8-17/h3-6,13H,7-11H2,1-2H3,(H,19,20). The van der Waals surface area contributed by atoms with E-state index < -0.39 is 20.6 Å². The van der Waals surface area contributed by atoms with Gasteiger partial charge in [0.25, 0.3) is 0 Å². The Kier molecular flexibility index (Phi) is 5.62. The van der Waals surface area contributed by atoms with Gasteiger partial charge in [-0.2, -0.15) is 5.26 Å². The maximum absolute atomic E-state index is 12.2. The lowest BCUT2D eigenvalue weighted by atomic mass is 9.91. The number of carbonyl (C=O) groups is 1. The highest BCUT2D eigenvalue weighted by Gasteiger charge is 2.34. The molecule has 1 fully saturated rings. The third kappa shape index (κ3) is 4.13. The number of hydrogen-bond donors (Lipinski definition) is 1. The van der Waals surface area contributed by atoms with Crippen molar-refractivity contribution in [3.63, 3.8) is 0 Å². The lowest BCUT2D eigenvalue weighted by Crippen LogP contribution is -2.51. The maximum Gasteiger partial charge on any atom is 0.225 e. The van der Waals surface area contributed by atoms with Gasteiger partial charge in [0, 0.05) is 26.1 Å². The molecule has 0 bridgehead atoms. The summed E-state index contributed by atoms with van der Waals surface area (Å²) in [7, 11) is -3.32. The summed E-state index contributed by atoms with van der Waals surface area (Å²) in [6.07, 6.45) is 1.05. The van der Waals surface area contributed by atoms with Crippen molar-refractivity contribution in [2.24, 2.45) is 0 Å². The topological polar surface area (TPSA) is 96.3 Å². The van der Waals surface area contributed by atoms with Crippen molar-refractivity contribution < 1.29 is 17.9 Å². The van der Waals surface area contributed by atoms with Gasteiger partial charge in [0.15, 0.2) is 9.84 Å². The molecule has 1 aliphatic rings. The van der Waals surface area contributed by atoms with Crippen LogP contribution in [0, 0.1) is 11.3 Å². The van der Waals surface area contributed by atoms with Crippen LogP contribution in [-0.4, -0.2) is 38.3 Å². The Morgan fingerprint density at radius 1 is 1.29 bits per heavy atom. The third-order valence-electron chi connectivity index (χ3n) is 4.18. The summed E-state index contributed by atoms with van der Waals surface area (Å²) < 4.78 is 29.4. The van der Waals surface area contributed by atoms with Crippen LogP contribution in [0.1, 0.15) is 32.3 Å². The molecule has 0 spiro atoms. The molecule has 0 radical (unpaired) electrons. The molecule has 1 N–H and O–H groups in total.